The van der Waals surface area contributed by atoms with E-state index >= 15 is 0 Å². The highest BCUT2D eigenvalue weighted by Crippen LogP contribution is 2.32. The summed E-state index contributed by atoms with van der Waals surface area (Å²) in [4.78, 5) is 0. The van der Waals surface area contributed by atoms with Gasteiger partial charge in [0.25, 0.3) is 0 Å². The number of benzene rings is 1. The van der Waals surface area contributed by atoms with E-state index in [0.29, 0.717) is 6.42 Å². The molecule has 2 rings (SSSR count). The molecule has 1 aliphatic heterocycles. The summed E-state index contributed by atoms with van der Waals surface area (Å²) in [7, 11) is 0. The summed E-state index contributed by atoms with van der Waals surface area (Å²) in [5.41, 5.74) is 0.833. The molecule has 1 unspecified atom stereocenters. The fourth-order valence-electron chi connectivity index (χ4n) is 1.49. The second-order valence-electron chi connectivity index (χ2n) is 3.64. The molecule has 1 aromatic rings. The molecular formula is C13H14O3. The standard InChI is InChI=1S/C13H14O3/c1-2-3-11(14)6-4-10-5-7-12-13(8-10)16-9-15-12/h5,7-8,11,14H,2-3,9H2,1H3. The fourth-order valence-corrected chi connectivity index (χ4v) is 1.49. The quantitative estimate of drug-likeness (QED) is 0.771. The predicted molar refractivity (Wildman–Crippen MR) is 60.4 cm³/mol. The number of ether oxygens (including phenoxy) is 2. The summed E-state index contributed by atoms with van der Waals surface area (Å²) in [6, 6.07) is 5.52. The molecule has 0 aliphatic carbocycles. The lowest BCUT2D eigenvalue weighted by atomic mass is 10.1. The van der Waals surface area contributed by atoms with Crippen LogP contribution < -0.4 is 9.47 Å². The van der Waals surface area contributed by atoms with Crippen molar-refractivity contribution in [1.29, 1.82) is 0 Å². The van der Waals surface area contributed by atoms with Crippen LogP contribution in [0.3, 0.4) is 0 Å². The highest BCUT2D eigenvalue weighted by Gasteiger charge is 2.12. The van der Waals surface area contributed by atoms with Crippen LogP contribution in [0.25, 0.3) is 0 Å². The van der Waals surface area contributed by atoms with Crippen LogP contribution in [-0.2, 0) is 0 Å². The van der Waals surface area contributed by atoms with Crippen LogP contribution in [0.15, 0.2) is 18.2 Å². The van der Waals surface area contributed by atoms with Crippen LogP contribution in [0.5, 0.6) is 11.5 Å². The zero-order valence-corrected chi connectivity index (χ0v) is 9.19. The highest BCUT2D eigenvalue weighted by molar-refractivity contribution is 5.49. The van der Waals surface area contributed by atoms with E-state index in [-0.39, 0.29) is 6.79 Å². The van der Waals surface area contributed by atoms with E-state index in [9.17, 15) is 5.11 Å². The summed E-state index contributed by atoms with van der Waals surface area (Å²) < 4.78 is 10.4. The molecule has 1 aliphatic rings. The average Bonchev–Trinajstić information content (AvgIpc) is 2.74. The fraction of sp³-hybridized carbons (Fsp3) is 0.385. The molecule has 1 heterocycles. The van der Waals surface area contributed by atoms with Gasteiger partial charge in [0.1, 0.15) is 6.10 Å². The van der Waals surface area contributed by atoms with Crippen LogP contribution in [0.2, 0.25) is 0 Å². The molecule has 0 amide bonds. The Morgan fingerprint density at radius 2 is 2.19 bits per heavy atom. The zero-order valence-electron chi connectivity index (χ0n) is 9.19. The minimum absolute atomic E-state index is 0.269. The summed E-state index contributed by atoms with van der Waals surface area (Å²) in [5.74, 6) is 7.19. The van der Waals surface area contributed by atoms with Gasteiger partial charge in [-0.3, -0.25) is 0 Å². The number of aliphatic hydroxyl groups excluding tert-OH is 1. The van der Waals surface area contributed by atoms with Crippen molar-refractivity contribution in [3.05, 3.63) is 23.8 Å². The van der Waals surface area contributed by atoms with E-state index in [4.69, 9.17) is 9.47 Å². The summed E-state index contributed by atoms with van der Waals surface area (Å²) in [6.07, 6.45) is 1.09. The SMILES string of the molecule is CCCC(O)C#Cc1ccc2c(c1)OCO2. The Balaban J connectivity index is 2.10. The first kappa shape index (κ1) is 10.8. The Morgan fingerprint density at radius 1 is 1.38 bits per heavy atom. The Hall–Kier alpha value is -1.66. The largest absolute Gasteiger partial charge is 0.454 e. The lowest BCUT2D eigenvalue weighted by molar-refractivity contribution is 0.174. The predicted octanol–water partition coefficient (Wildman–Crippen LogP) is 1.93. The summed E-state index contributed by atoms with van der Waals surface area (Å²) in [6.45, 7) is 2.29. The minimum Gasteiger partial charge on any atom is -0.454 e. The number of hydrogen-bond acceptors (Lipinski definition) is 3. The van der Waals surface area contributed by atoms with Crippen LogP contribution in [0, 0.1) is 11.8 Å². The molecule has 1 atom stereocenters. The van der Waals surface area contributed by atoms with E-state index in [1.54, 1.807) is 0 Å². The van der Waals surface area contributed by atoms with Gasteiger partial charge in [-0.2, -0.15) is 0 Å². The Kier molecular flexibility index (Phi) is 3.33. The van der Waals surface area contributed by atoms with Crippen LogP contribution in [0.4, 0.5) is 0 Å². The molecule has 1 N–H and O–H groups in total. The third-order valence-corrected chi connectivity index (χ3v) is 2.32. The smallest absolute Gasteiger partial charge is 0.231 e. The molecule has 16 heavy (non-hydrogen) atoms. The van der Waals surface area contributed by atoms with Gasteiger partial charge in [-0.1, -0.05) is 25.2 Å². The van der Waals surface area contributed by atoms with Gasteiger partial charge in [-0.15, -0.1) is 0 Å². The van der Waals surface area contributed by atoms with Crippen LogP contribution in [-0.4, -0.2) is 18.0 Å². The Bertz CT molecular complexity index is 429. The Morgan fingerprint density at radius 3 is 3.00 bits per heavy atom. The van der Waals surface area contributed by atoms with Gasteiger partial charge in [-0.05, 0) is 24.6 Å². The van der Waals surface area contributed by atoms with Crippen molar-refractivity contribution >= 4 is 0 Å². The minimum atomic E-state index is -0.546. The summed E-state index contributed by atoms with van der Waals surface area (Å²) >= 11 is 0. The van der Waals surface area contributed by atoms with Crippen LogP contribution in [0.1, 0.15) is 25.3 Å². The molecule has 1 aromatic carbocycles. The third kappa shape index (κ3) is 2.47. The van der Waals surface area contributed by atoms with Crippen molar-refractivity contribution in [2.75, 3.05) is 6.79 Å². The molecule has 0 radical (unpaired) electrons. The van der Waals surface area contributed by atoms with Crippen molar-refractivity contribution in [1.82, 2.24) is 0 Å². The number of rotatable bonds is 2. The topological polar surface area (TPSA) is 38.7 Å². The monoisotopic (exact) mass is 218 g/mol. The maximum Gasteiger partial charge on any atom is 0.231 e. The number of fused-ring (bicyclic) bond motifs is 1. The van der Waals surface area contributed by atoms with Gasteiger partial charge in [0.15, 0.2) is 11.5 Å². The molecule has 0 saturated carbocycles. The van der Waals surface area contributed by atoms with E-state index in [1.807, 2.05) is 25.1 Å². The molecule has 3 nitrogen and oxygen atoms in total. The van der Waals surface area contributed by atoms with E-state index < -0.39 is 6.10 Å². The van der Waals surface area contributed by atoms with Gasteiger partial charge in [0.05, 0.1) is 0 Å². The Labute approximate surface area is 95.0 Å². The molecule has 0 spiro atoms. The van der Waals surface area contributed by atoms with Crippen molar-refractivity contribution in [2.24, 2.45) is 0 Å². The normalized spacial score (nSPS) is 14.1. The van der Waals surface area contributed by atoms with Gasteiger partial charge < -0.3 is 14.6 Å². The molecule has 3 heteroatoms. The average molecular weight is 218 g/mol. The van der Waals surface area contributed by atoms with E-state index in [0.717, 1.165) is 23.5 Å². The molecule has 0 aromatic heterocycles. The zero-order chi connectivity index (χ0) is 11.4. The lowest BCUT2D eigenvalue weighted by Crippen LogP contribution is -2.00. The first-order valence-electron chi connectivity index (χ1n) is 5.39. The highest BCUT2D eigenvalue weighted by atomic mass is 16.7. The first-order valence-corrected chi connectivity index (χ1v) is 5.39. The van der Waals surface area contributed by atoms with Gasteiger partial charge in [0, 0.05) is 5.56 Å². The van der Waals surface area contributed by atoms with Crippen LogP contribution >= 0.6 is 0 Å². The second kappa shape index (κ2) is 4.91. The number of aliphatic hydroxyl groups is 1. The number of hydrogen-bond donors (Lipinski definition) is 1. The van der Waals surface area contributed by atoms with Crippen molar-refractivity contribution in [2.45, 2.75) is 25.9 Å². The second-order valence-corrected chi connectivity index (χ2v) is 3.64. The summed E-state index contributed by atoms with van der Waals surface area (Å²) in [5, 5.41) is 9.47. The molecular weight excluding hydrogens is 204 g/mol. The van der Waals surface area contributed by atoms with E-state index in [2.05, 4.69) is 11.8 Å². The van der Waals surface area contributed by atoms with Gasteiger partial charge in [-0.25, -0.2) is 0 Å². The van der Waals surface area contributed by atoms with Gasteiger partial charge in [0.2, 0.25) is 6.79 Å². The molecule has 0 bridgehead atoms. The maximum atomic E-state index is 9.47. The third-order valence-electron chi connectivity index (χ3n) is 2.32. The van der Waals surface area contributed by atoms with Crippen molar-refractivity contribution in [3.8, 4) is 23.3 Å². The maximum absolute atomic E-state index is 9.47. The molecule has 0 saturated heterocycles. The van der Waals surface area contributed by atoms with E-state index in [1.165, 1.54) is 0 Å². The van der Waals surface area contributed by atoms with Crippen molar-refractivity contribution < 1.29 is 14.6 Å². The first-order chi connectivity index (χ1) is 7.79. The van der Waals surface area contributed by atoms with Gasteiger partial charge >= 0.3 is 0 Å². The van der Waals surface area contributed by atoms with Crippen molar-refractivity contribution in [3.63, 3.8) is 0 Å². The lowest BCUT2D eigenvalue weighted by Gasteiger charge is -1.98. The molecule has 0 fully saturated rings. The molecule has 84 valence electrons.